The highest BCUT2D eigenvalue weighted by atomic mass is 32.1. The summed E-state index contributed by atoms with van der Waals surface area (Å²) in [6.07, 6.45) is 2.02. The van der Waals surface area contributed by atoms with Crippen molar-refractivity contribution in [2.75, 3.05) is 38.3 Å². The van der Waals surface area contributed by atoms with Crippen molar-refractivity contribution < 1.29 is 4.74 Å². The number of benzene rings is 1. The molecule has 0 unspecified atom stereocenters. The standard InChI is InChI=1S/C18H21N3OS2/c1-20(12-15-10-14-4-2-3-5-17(14)23-15)13-16-11-19-18(24-16)21-6-8-22-9-7-21/h2-5,10-11H,6-9,12-13H2,1H3. The van der Waals surface area contributed by atoms with Crippen LogP contribution in [0, 0.1) is 0 Å². The maximum atomic E-state index is 5.41. The predicted octanol–water partition coefficient (Wildman–Crippen LogP) is 3.83. The van der Waals surface area contributed by atoms with Gasteiger partial charge in [0.25, 0.3) is 0 Å². The van der Waals surface area contributed by atoms with Crippen molar-refractivity contribution in [1.29, 1.82) is 0 Å². The van der Waals surface area contributed by atoms with Crippen LogP contribution in [-0.2, 0) is 17.8 Å². The van der Waals surface area contributed by atoms with Gasteiger partial charge in [0.2, 0.25) is 0 Å². The molecule has 0 spiro atoms. The summed E-state index contributed by atoms with van der Waals surface area (Å²) in [6, 6.07) is 10.9. The van der Waals surface area contributed by atoms with E-state index in [0.29, 0.717) is 0 Å². The van der Waals surface area contributed by atoms with Crippen molar-refractivity contribution in [3.8, 4) is 0 Å². The summed E-state index contributed by atoms with van der Waals surface area (Å²) in [4.78, 5) is 12.0. The zero-order valence-corrected chi connectivity index (χ0v) is 15.4. The highest BCUT2D eigenvalue weighted by Crippen LogP contribution is 2.28. The van der Waals surface area contributed by atoms with Gasteiger partial charge in [0.1, 0.15) is 0 Å². The van der Waals surface area contributed by atoms with Gasteiger partial charge in [0.05, 0.1) is 13.2 Å². The smallest absolute Gasteiger partial charge is 0.185 e. The van der Waals surface area contributed by atoms with E-state index in [1.54, 1.807) is 11.3 Å². The third-order valence-corrected chi connectivity index (χ3v) is 6.29. The zero-order chi connectivity index (χ0) is 16.4. The summed E-state index contributed by atoms with van der Waals surface area (Å²) in [5.41, 5.74) is 0. The number of aromatic nitrogens is 1. The molecule has 24 heavy (non-hydrogen) atoms. The average Bonchev–Trinajstić information content (AvgIpc) is 3.21. The zero-order valence-electron chi connectivity index (χ0n) is 13.8. The number of hydrogen-bond acceptors (Lipinski definition) is 6. The molecule has 0 atom stereocenters. The molecule has 0 amide bonds. The lowest BCUT2D eigenvalue weighted by atomic mass is 10.2. The van der Waals surface area contributed by atoms with E-state index >= 15 is 0 Å². The van der Waals surface area contributed by atoms with Crippen LogP contribution >= 0.6 is 22.7 Å². The summed E-state index contributed by atoms with van der Waals surface area (Å²) in [5.74, 6) is 0. The minimum atomic E-state index is 0.806. The van der Waals surface area contributed by atoms with Gasteiger partial charge < -0.3 is 9.64 Å². The molecular weight excluding hydrogens is 338 g/mol. The Labute approximate surface area is 150 Å². The van der Waals surface area contributed by atoms with E-state index in [9.17, 15) is 0 Å². The quantitative estimate of drug-likeness (QED) is 0.692. The average molecular weight is 360 g/mol. The van der Waals surface area contributed by atoms with Crippen molar-refractivity contribution in [2.24, 2.45) is 0 Å². The normalized spacial score (nSPS) is 15.5. The van der Waals surface area contributed by atoms with Crippen LogP contribution in [-0.4, -0.2) is 43.2 Å². The van der Waals surface area contributed by atoms with E-state index in [0.717, 1.165) is 44.5 Å². The first-order valence-corrected chi connectivity index (χ1v) is 9.84. The maximum absolute atomic E-state index is 5.41. The Bertz CT molecular complexity index is 774. The maximum Gasteiger partial charge on any atom is 0.185 e. The van der Waals surface area contributed by atoms with E-state index < -0.39 is 0 Å². The lowest BCUT2D eigenvalue weighted by Gasteiger charge is -2.26. The Morgan fingerprint density at radius 3 is 2.75 bits per heavy atom. The topological polar surface area (TPSA) is 28.6 Å². The van der Waals surface area contributed by atoms with E-state index in [4.69, 9.17) is 4.74 Å². The van der Waals surface area contributed by atoms with Crippen LogP contribution in [0.15, 0.2) is 36.5 Å². The first-order valence-electron chi connectivity index (χ1n) is 8.21. The number of ether oxygens (including phenoxy) is 1. The molecule has 1 aliphatic heterocycles. The second kappa shape index (κ2) is 7.19. The molecule has 6 heteroatoms. The molecule has 0 radical (unpaired) electrons. The fourth-order valence-electron chi connectivity index (χ4n) is 2.97. The minimum absolute atomic E-state index is 0.806. The molecule has 1 saturated heterocycles. The molecule has 2 aromatic heterocycles. The Morgan fingerprint density at radius 2 is 1.92 bits per heavy atom. The predicted molar refractivity (Wildman–Crippen MR) is 102 cm³/mol. The number of fused-ring (bicyclic) bond motifs is 1. The Balaban J connectivity index is 1.38. The number of thiophene rings is 1. The van der Waals surface area contributed by atoms with E-state index in [2.05, 4.69) is 52.2 Å². The van der Waals surface area contributed by atoms with E-state index in [1.165, 1.54) is 19.8 Å². The molecule has 126 valence electrons. The SMILES string of the molecule is CN(Cc1cnc(N2CCOCC2)s1)Cc1cc2ccccc2s1. The highest BCUT2D eigenvalue weighted by molar-refractivity contribution is 7.19. The third-order valence-electron chi connectivity index (χ3n) is 4.15. The molecule has 0 bridgehead atoms. The number of rotatable bonds is 5. The summed E-state index contributed by atoms with van der Waals surface area (Å²) in [6.45, 7) is 5.43. The van der Waals surface area contributed by atoms with Gasteiger partial charge in [-0.3, -0.25) is 4.90 Å². The second-order valence-electron chi connectivity index (χ2n) is 6.13. The van der Waals surface area contributed by atoms with Crippen LogP contribution in [0.1, 0.15) is 9.75 Å². The fraction of sp³-hybridized carbons (Fsp3) is 0.389. The Hall–Kier alpha value is -1.47. The van der Waals surface area contributed by atoms with Crippen LogP contribution in [0.4, 0.5) is 5.13 Å². The molecule has 1 aromatic carbocycles. The summed E-state index contributed by atoms with van der Waals surface area (Å²) in [5, 5.41) is 2.47. The molecule has 1 fully saturated rings. The van der Waals surface area contributed by atoms with E-state index in [-0.39, 0.29) is 0 Å². The second-order valence-corrected chi connectivity index (χ2v) is 8.39. The molecule has 1 aliphatic rings. The van der Waals surface area contributed by atoms with Gasteiger partial charge in [-0.05, 0) is 24.6 Å². The molecule has 4 nitrogen and oxygen atoms in total. The number of thiazole rings is 1. The van der Waals surface area contributed by atoms with Gasteiger partial charge in [-0.25, -0.2) is 4.98 Å². The van der Waals surface area contributed by atoms with Crippen LogP contribution in [0.5, 0.6) is 0 Å². The Morgan fingerprint density at radius 1 is 1.12 bits per heavy atom. The largest absolute Gasteiger partial charge is 0.378 e. The summed E-state index contributed by atoms with van der Waals surface area (Å²) < 4.78 is 6.78. The Kier molecular flexibility index (Phi) is 4.80. The van der Waals surface area contributed by atoms with Gasteiger partial charge in [-0.2, -0.15) is 0 Å². The van der Waals surface area contributed by atoms with E-state index in [1.807, 2.05) is 17.5 Å². The van der Waals surface area contributed by atoms with Crippen LogP contribution in [0.3, 0.4) is 0 Å². The van der Waals surface area contributed by atoms with Crippen LogP contribution in [0.2, 0.25) is 0 Å². The fourth-order valence-corrected chi connectivity index (χ4v) is 5.16. The summed E-state index contributed by atoms with van der Waals surface area (Å²) in [7, 11) is 2.18. The van der Waals surface area contributed by atoms with Crippen LogP contribution < -0.4 is 4.90 Å². The molecule has 0 N–H and O–H groups in total. The van der Waals surface area contributed by atoms with Crippen molar-refractivity contribution in [3.05, 3.63) is 46.3 Å². The monoisotopic (exact) mass is 359 g/mol. The highest BCUT2D eigenvalue weighted by Gasteiger charge is 2.15. The number of hydrogen-bond donors (Lipinski definition) is 0. The lowest BCUT2D eigenvalue weighted by Crippen LogP contribution is -2.36. The van der Waals surface area contributed by atoms with Gasteiger partial charge in [0, 0.05) is 46.8 Å². The molecular formula is C18H21N3OS2. The molecule has 0 saturated carbocycles. The van der Waals surface area contributed by atoms with Crippen molar-refractivity contribution in [2.45, 2.75) is 13.1 Å². The first kappa shape index (κ1) is 16.0. The van der Waals surface area contributed by atoms with Gasteiger partial charge in [0.15, 0.2) is 5.13 Å². The number of nitrogens with zero attached hydrogens (tertiary/aromatic N) is 3. The van der Waals surface area contributed by atoms with Gasteiger partial charge >= 0.3 is 0 Å². The first-order chi connectivity index (χ1) is 11.8. The number of morpholine rings is 1. The van der Waals surface area contributed by atoms with Gasteiger partial charge in [-0.1, -0.05) is 18.2 Å². The van der Waals surface area contributed by atoms with Crippen molar-refractivity contribution in [1.82, 2.24) is 9.88 Å². The van der Waals surface area contributed by atoms with Gasteiger partial charge in [-0.15, -0.1) is 22.7 Å². The van der Waals surface area contributed by atoms with Crippen molar-refractivity contribution >= 4 is 37.9 Å². The molecule has 4 rings (SSSR count). The summed E-state index contributed by atoms with van der Waals surface area (Å²) >= 11 is 3.69. The third kappa shape index (κ3) is 3.62. The van der Waals surface area contributed by atoms with Crippen molar-refractivity contribution in [3.63, 3.8) is 0 Å². The molecule has 3 heterocycles. The molecule has 3 aromatic rings. The number of anilines is 1. The molecule has 0 aliphatic carbocycles. The lowest BCUT2D eigenvalue weighted by molar-refractivity contribution is 0.122. The van der Waals surface area contributed by atoms with Crippen LogP contribution in [0.25, 0.3) is 10.1 Å². The minimum Gasteiger partial charge on any atom is -0.378 e.